The van der Waals surface area contributed by atoms with Gasteiger partial charge in [-0.3, -0.25) is 0 Å². The van der Waals surface area contributed by atoms with E-state index in [4.69, 9.17) is 46.4 Å². The first kappa shape index (κ1) is 17.2. The van der Waals surface area contributed by atoms with Gasteiger partial charge in [0, 0.05) is 11.8 Å². The molecule has 0 aromatic heterocycles. The summed E-state index contributed by atoms with van der Waals surface area (Å²) >= 11 is 23.4. The summed E-state index contributed by atoms with van der Waals surface area (Å²) < 4.78 is -1.15. The molecule has 0 N–H and O–H groups in total. The molecule has 0 spiro atoms. The third-order valence-corrected chi connectivity index (χ3v) is 3.97. The summed E-state index contributed by atoms with van der Waals surface area (Å²) in [6.45, 7) is 2.22. The van der Waals surface area contributed by atoms with E-state index >= 15 is 0 Å². The second-order valence-electron chi connectivity index (χ2n) is 4.27. The van der Waals surface area contributed by atoms with Crippen LogP contribution in [0.15, 0.2) is 0 Å². The van der Waals surface area contributed by atoms with Crippen LogP contribution in [0.4, 0.5) is 0 Å². The van der Waals surface area contributed by atoms with Crippen LogP contribution >= 0.6 is 46.4 Å². The Morgan fingerprint density at radius 1 is 0.875 bits per heavy atom. The van der Waals surface area contributed by atoms with Crippen molar-refractivity contribution in [3.63, 3.8) is 0 Å². The highest BCUT2D eigenvalue weighted by atomic mass is 35.6. The highest BCUT2D eigenvalue weighted by Crippen LogP contribution is 2.40. The molecule has 0 amide bonds. The van der Waals surface area contributed by atoms with Crippen LogP contribution in [0.2, 0.25) is 0 Å². The van der Waals surface area contributed by atoms with Gasteiger partial charge in [-0.05, 0) is 12.8 Å². The first-order valence-corrected chi connectivity index (χ1v) is 7.81. The highest BCUT2D eigenvalue weighted by Gasteiger charge is 2.31. The fourth-order valence-corrected chi connectivity index (χ4v) is 2.69. The van der Waals surface area contributed by atoms with Crippen LogP contribution in [0.5, 0.6) is 0 Å². The molecule has 0 bridgehead atoms. The summed E-state index contributed by atoms with van der Waals surface area (Å²) in [5.74, 6) is 0.662. The van der Waals surface area contributed by atoms with Gasteiger partial charge in [-0.1, -0.05) is 80.3 Å². The molecule has 4 heteroatoms. The SMILES string of the molecule is CCCCCCCCC(CCCl)C(Cl)(Cl)Cl. The van der Waals surface area contributed by atoms with Crippen LogP contribution in [-0.2, 0) is 0 Å². The smallest absolute Gasteiger partial charge is 0.127 e. The zero-order valence-electron chi connectivity index (χ0n) is 9.95. The van der Waals surface area contributed by atoms with Crippen molar-refractivity contribution in [2.24, 2.45) is 5.92 Å². The van der Waals surface area contributed by atoms with E-state index in [-0.39, 0.29) is 5.92 Å². The first-order valence-electron chi connectivity index (χ1n) is 6.15. The Morgan fingerprint density at radius 2 is 1.44 bits per heavy atom. The normalized spacial score (nSPS) is 14.1. The quantitative estimate of drug-likeness (QED) is 0.344. The molecular weight excluding hydrogens is 286 g/mol. The molecule has 1 unspecified atom stereocenters. The zero-order chi connectivity index (χ0) is 12.4. The van der Waals surface area contributed by atoms with E-state index < -0.39 is 3.79 Å². The van der Waals surface area contributed by atoms with Gasteiger partial charge in [-0.2, -0.15) is 0 Å². The molecule has 0 aliphatic heterocycles. The molecule has 0 fully saturated rings. The first-order chi connectivity index (χ1) is 7.52. The lowest BCUT2D eigenvalue weighted by atomic mass is 9.99. The van der Waals surface area contributed by atoms with Crippen molar-refractivity contribution in [2.75, 3.05) is 5.88 Å². The Kier molecular flexibility index (Phi) is 10.9. The predicted molar refractivity (Wildman–Crippen MR) is 77.1 cm³/mol. The molecular formula is C12H22Cl4. The molecule has 0 saturated heterocycles. The number of alkyl halides is 4. The molecule has 1 atom stereocenters. The number of hydrogen-bond donors (Lipinski definition) is 0. The fourth-order valence-electron chi connectivity index (χ4n) is 1.77. The Bertz CT molecular complexity index is 154. The number of halogens is 4. The van der Waals surface area contributed by atoms with E-state index in [0.29, 0.717) is 5.88 Å². The van der Waals surface area contributed by atoms with Gasteiger partial charge in [0.1, 0.15) is 0 Å². The molecule has 0 aliphatic rings. The standard InChI is InChI=1S/C12H22Cl4/c1-2-3-4-5-6-7-8-11(9-10-13)12(14,15)16/h11H,2-10H2,1H3. The van der Waals surface area contributed by atoms with E-state index in [1.807, 2.05) is 0 Å². The van der Waals surface area contributed by atoms with Crippen molar-refractivity contribution in [3.8, 4) is 0 Å². The molecule has 0 radical (unpaired) electrons. The monoisotopic (exact) mass is 306 g/mol. The zero-order valence-corrected chi connectivity index (χ0v) is 13.0. The van der Waals surface area contributed by atoms with Gasteiger partial charge in [0.2, 0.25) is 0 Å². The van der Waals surface area contributed by atoms with Crippen LogP contribution < -0.4 is 0 Å². The highest BCUT2D eigenvalue weighted by molar-refractivity contribution is 6.67. The number of hydrogen-bond acceptors (Lipinski definition) is 0. The van der Waals surface area contributed by atoms with Gasteiger partial charge in [0.25, 0.3) is 0 Å². The average Bonchev–Trinajstić information content (AvgIpc) is 2.20. The Hall–Kier alpha value is 1.16. The molecule has 0 aromatic rings. The van der Waals surface area contributed by atoms with Gasteiger partial charge in [-0.25, -0.2) is 0 Å². The summed E-state index contributed by atoms with van der Waals surface area (Å²) in [5, 5.41) is 0. The maximum absolute atomic E-state index is 5.91. The molecule has 16 heavy (non-hydrogen) atoms. The van der Waals surface area contributed by atoms with Gasteiger partial charge in [0.15, 0.2) is 3.79 Å². The lowest BCUT2D eigenvalue weighted by Crippen LogP contribution is -2.19. The molecule has 0 heterocycles. The Labute approximate surface area is 120 Å². The van der Waals surface area contributed by atoms with Gasteiger partial charge in [0.05, 0.1) is 0 Å². The molecule has 0 aromatic carbocycles. The van der Waals surface area contributed by atoms with E-state index in [1.165, 1.54) is 32.1 Å². The third kappa shape index (κ3) is 9.22. The van der Waals surface area contributed by atoms with E-state index in [1.54, 1.807) is 0 Å². The number of rotatable bonds is 9. The topological polar surface area (TPSA) is 0 Å². The van der Waals surface area contributed by atoms with Crippen molar-refractivity contribution in [2.45, 2.75) is 62.1 Å². The summed E-state index contributed by atoms with van der Waals surface area (Å²) in [6, 6.07) is 0. The maximum Gasteiger partial charge on any atom is 0.193 e. The maximum atomic E-state index is 5.91. The van der Waals surface area contributed by atoms with Crippen LogP contribution in [0.1, 0.15) is 58.3 Å². The number of unbranched alkanes of at least 4 members (excludes halogenated alkanes) is 5. The van der Waals surface area contributed by atoms with Gasteiger partial charge >= 0.3 is 0 Å². The van der Waals surface area contributed by atoms with Gasteiger partial charge in [-0.15, -0.1) is 11.6 Å². The molecule has 0 nitrogen and oxygen atoms in total. The van der Waals surface area contributed by atoms with E-state index in [0.717, 1.165) is 19.3 Å². The fraction of sp³-hybridized carbons (Fsp3) is 1.00. The lowest BCUT2D eigenvalue weighted by molar-refractivity contribution is 0.446. The van der Waals surface area contributed by atoms with Crippen LogP contribution in [0, 0.1) is 5.92 Å². The second kappa shape index (κ2) is 10.1. The summed E-state index contributed by atoms with van der Waals surface area (Å²) in [5.41, 5.74) is 0. The summed E-state index contributed by atoms with van der Waals surface area (Å²) in [4.78, 5) is 0. The minimum absolute atomic E-state index is 0.0983. The molecule has 0 aliphatic carbocycles. The van der Waals surface area contributed by atoms with Crippen molar-refractivity contribution < 1.29 is 0 Å². The van der Waals surface area contributed by atoms with E-state index in [9.17, 15) is 0 Å². The van der Waals surface area contributed by atoms with E-state index in [2.05, 4.69) is 6.92 Å². The van der Waals surface area contributed by atoms with Crippen molar-refractivity contribution in [1.29, 1.82) is 0 Å². The van der Waals surface area contributed by atoms with Crippen LogP contribution in [0.3, 0.4) is 0 Å². The van der Waals surface area contributed by atoms with Crippen molar-refractivity contribution >= 4 is 46.4 Å². The minimum atomic E-state index is -1.15. The predicted octanol–water partition coefficient (Wildman–Crippen LogP) is 6.35. The van der Waals surface area contributed by atoms with Gasteiger partial charge < -0.3 is 0 Å². The molecule has 0 saturated carbocycles. The lowest BCUT2D eigenvalue weighted by Gasteiger charge is -2.23. The molecule has 98 valence electrons. The second-order valence-corrected chi connectivity index (χ2v) is 7.02. The van der Waals surface area contributed by atoms with Crippen molar-refractivity contribution in [3.05, 3.63) is 0 Å². The molecule has 0 rings (SSSR count). The average molecular weight is 308 g/mol. The van der Waals surface area contributed by atoms with Crippen LogP contribution in [0.25, 0.3) is 0 Å². The largest absolute Gasteiger partial charge is 0.193 e. The van der Waals surface area contributed by atoms with Crippen molar-refractivity contribution in [1.82, 2.24) is 0 Å². The minimum Gasteiger partial charge on any atom is -0.127 e. The Balaban J connectivity index is 3.61. The Morgan fingerprint density at radius 3 is 1.94 bits per heavy atom. The summed E-state index contributed by atoms with van der Waals surface area (Å²) in [7, 11) is 0. The van der Waals surface area contributed by atoms with Crippen LogP contribution in [-0.4, -0.2) is 9.67 Å². The third-order valence-electron chi connectivity index (χ3n) is 2.83. The summed E-state index contributed by atoms with van der Waals surface area (Å²) in [6.07, 6.45) is 9.35.